The number of esters is 1. The summed E-state index contributed by atoms with van der Waals surface area (Å²) < 4.78 is 15.0. The molecule has 8 nitrogen and oxygen atoms in total. The number of rotatable bonds is 5. The first-order valence-electron chi connectivity index (χ1n) is 7.98. The molecule has 0 unspecified atom stereocenters. The Morgan fingerprint density at radius 1 is 1.26 bits per heavy atom. The van der Waals surface area contributed by atoms with Gasteiger partial charge in [0.15, 0.2) is 5.13 Å². The van der Waals surface area contributed by atoms with Crippen LogP contribution in [0.1, 0.15) is 32.6 Å². The first-order chi connectivity index (χ1) is 13.0. The Hall–Kier alpha value is -3.20. The van der Waals surface area contributed by atoms with Crippen LogP contribution in [-0.4, -0.2) is 31.1 Å². The molecule has 2 heterocycles. The van der Waals surface area contributed by atoms with Gasteiger partial charge in [-0.1, -0.05) is 18.3 Å². The smallest absolute Gasteiger partial charge is 0.350 e. The number of amides is 1. The normalized spacial score (nSPS) is 10.6. The summed E-state index contributed by atoms with van der Waals surface area (Å²) in [5.74, 6) is -0.638. The largest absolute Gasteiger partial charge is 0.497 e. The van der Waals surface area contributed by atoms with E-state index in [0.717, 1.165) is 11.3 Å². The molecule has 0 atom stereocenters. The van der Waals surface area contributed by atoms with Crippen molar-refractivity contribution in [2.24, 2.45) is 0 Å². The number of nitrogens with zero attached hydrogens (tertiary/aromatic N) is 1. The van der Waals surface area contributed by atoms with E-state index >= 15 is 0 Å². The van der Waals surface area contributed by atoms with E-state index in [4.69, 9.17) is 13.9 Å². The maximum absolute atomic E-state index is 12.5. The summed E-state index contributed by atoms with van der Waals surface area (Å²) in [4.78, 5) is 41.0. The standard InChI is InChI=1S/C18H16N2O6S/c1-4-12-14(17(23)25-3)27-18(19-12)20-15(21)11-8-9-7-10(24-2)5-6-13(9)26-16(11)22/h5-8H,4H2,1-3H3,(H,19,20,21). The number of aromatic nitrogens is 1. The van der Waals surface area contributed by atoms with Gasteiger partial charge in [-0.15, -0.1) is 0 Å². The van der Waals surface area contributed by atoms with E-state index in [0.29, 0.717) is 33.7 Å². The van der Waals surface area contributed by atoms with Crippen molar-refractivity contribution in [3.05, 3.63) is 50.8 Å². The summed E-state index contributed by atoms with van der Waals surface area (Å²) in [6.45, 7) is 1.83. The molecule has 3 aromatic rings. The molecule has 0 radical (unpaired) electrons. The van der Waals surface area contributed by atoms with E-state index in [1.165, 1.54) is 20.3 Å². The van der Waals surface area contributed by atoms with Crippen LogP contribution in [0.2, 0.25) is 0 Å². The lowest BCUT2D eigenvalue weighted by molar-refractivity contribution is 0.0604. The minimum absolute atomic E-state index is 0.177. The van der Waals surface area contributed by atoms with Crippen LogP contribution >= 0.6 is 11.3 Å². The van der Waals surface area contributed by atoms with Gasteiger partial charge in [0.25, 0.3) is 5.91 Å². The Bertz CT molecular complexity index is 1090. The molecule has 0 saturated heterocycles. The van der Waals surface area contributed by atoms with Gasteiger partial charge in [0.1, 0.15) is 21.8 Å². The molecule has 0 bridgehead atoms. The molecular weight excluding hydrogens is 372 g/mol. The predicted octanol–water partition coefficient (Wildman–Crippen LogP) is 2.86. The summed E-state index contributed by atoms with van der Waals surface area (Å²) in [5.41, 5.74) is -0.0977. The molecule has 1 N–H and O–H groups in total. The number of hydrogen-bond acceptors (Lipinski definition) is 8. The summed E-state index contributed by atoms with van der Waals surface area (Å²) in [7, 11) is 2.79. The number of carbonyl (C=O) groups is 2. The first kappa shape index (κ1) is 18.6. The number of methoxy groups -OCH3 is 2. The first-order valence-corrected chi connectivity index (χ1v) is 8.79. The number of fused-ring (bicyclic) bond motifs is 1. The molecule has 9 heteroatoms. The van der Waals surface area contributed by atoms with Crippen molar-refractivity contribution >= 4 is 39.3 Å². The average molecular weight is 388 g/mol. The van der Waals surface area contributed by atoms with Crippen LogP contribution in [0.4, 0.5) is 5.13 Å². The predicted molar refractivity (Wildman–Crippen MR) is 99.8 cm³/mol. The minimum Gasteiger partial charge on any atom is -0.497 e. The van der Waals surface area contributed by atoms with Gasteiger partial charge in [-0.25, -0.2) is 14.6 Å². The topological polar surface area (TPSA) is 108 Å². The Kier molecular flexibility index (Phi) is 5.22. The molecule has 0 fully saturated rings. The molecule has 140 valence electrons. The van der Waals surface area contributed by atoms with Gasteiger partial charge in [0.05, 0.1) is 19.9 Å². The Balaban J connectivity index is 1.94. The molecule has 0 saturated carbocycles. The van der Waals surface area contributed by atoms with E-state index in [9.17, 15) is 14.4 Å². The SMILES string of the molecule is CCc1nc(NC(=O)c2cc3cc(OC)ccc3oc2=O)sc1C(=O)OC. The summed E-state index contributed by atoms with van der Waals surface area (Å²) in [6.07, 6.45) is 0.495. The second-order valence-corrected chi connectivity index (χ2v) is 6.44. The maximum Gasteiger partial charge on any atom is 0.350 e. The Morgan fingerprint density at radius 2 is 2.04 bits per heavy atom. The average Bonchev–Trinajstić information content (AvgIpc) is 3.09. The number of nitrogens with one attached hydrogen (secondary N) is 1. The van der Waals surface area contributed by atoms with Gasteiger partial charge in [-0.2, -0.15) is 0 Å². The van der Waals surface area contributed by atoms with Crippen molar-refractivity contribution in [1.82, 2.24) is 4.98 Å². The van der Waals surface area contributed by atoms with E-state index in [2.05, 4.69) is 10.3 Å². The number of benzene rings is 1. The second kappa shape index (κ2) is 7.58. The molecule has 0 aliphatic carbocycles. The van der Waals surface area contributed by atoms with Gasteiger partial charge in [-0.05, 0) is 30.7 Å². The molecule has 1 aromatic carbocycles. The van der Waals surface area contributed by atoms with Crippen LogP contribution in [0.5, 0.6) is 5.75 Å². The highest BCUT2D eigenvalue weighted by atomic mass is 32.1. The third-order valence-corrected chi connectivity index (χ3v) is 4.80. The van der Waals surface area contributed by atoms with Crippen molar-refractivity contribution in [2.75, 3.05) is 19.5 Å². The zero-order valence-corrected chi connectivity index (χ0v) is 15.6. The zero-order chi connectivity index (χ0) is 19.6. The molecule has 27 heavy (non-hydrogen) atoms. The fourth-order valence-electron chi connectivity index (χ4n) is 2.45. The number of aryl methyl sites for hydroxylation is 1. The Morgan fingerprint density at radius 3 is 2.70 bits per heavy atom. The van der Waals surface area contributed by atoms with Gasteiger partial charge in [-0.3, -0.25) is 10.1 Å². The fourth-order valence-corrected chi connectivity index (χ4v) is 3.42. The van der Waals surface area contributed by atoms with Crippen LogP contribution in [0.15, 0.2) is 33.5 Å². The number of ether oxygens (including phenoxy) is 2. The lowest BCUT2D eigenvalue weighted by Crippen LogP contribution is -2.20. The van der Waals surface area contributed by atoms with E-state index in [1.807, 2.05) is 6.92 Å². The van der Waals surface area contributed by atoms with Crippen molar-refractivity contribution in [3.63, 3.8) is 0 Å². The van der Waals surface area contributed by atoms with Crippen molar-refractivity contribution in [1.29, 1.82) is 0 Å². The molecule has 2 aromatic heterocycles. The van der Waals surface area contributed by atoms with Crippen LogP contribution in [0, 0.1) is 0 Å². The highest BCUT2D eigenvalue weighted by molar-refractivity contribution is 7.17. The van der Waals surface area contributed by atoms with Crippen molar-refractivity contribution in [3.8, 4) is 5.75 Å². The number of carbonyl (C=O) groups excluding carboxylic acids is 2. The number of thiazole rings is 1. The monoisotopic (exact) mass is 388 g/mol. The van der Waals surface area contributed by atoms with Crippen LogP contribution < -0.4 is 15.7 Å². The highest BCUT2D eigenvalue weighted by Gasteiger charge is 2.20. The van der Waals surface area contributed by atoms with E-state index < -0.39 is 17.5 Å². The zero-order valence-electron chi connectivity index (χ0n) is 14.8. The van der Waals surface area contributed by atoms with Gasteiger partial charge in [0, 0.05) is 5.39 Å². The Labute approximate surface area is 157 Å². The van der Waals surface area contributed by atoms with Gasteiger partial charge >= 0.3 is 11.6 Å². The fraction of sp³-hybridized carbons (Fsp3) is 0.222. The van der Waals surface area contributed by atoms with Crippen LogP contribution in [0.25, 0.3) is 11.0 Å². The lowest BCUT2D eigenvalue weighted by atomic mass is 10.1. The molecule has 0 aliphatic heterocycles. The number of anilines is 1. The van der Waals surface area contributed by atoms with Crippen LogP contribution in [0.3, 0.4) is 0 Å². The van der Waals surface area contributed by atoms with Crippen molar-refractivity contribution < 1.29 is 23.5 Å². The third kappa shape index (κ3) is 3.68. The molecule has 0 spiro atoms. The van der Waals surface area contributed by atoms with E-state index in [-0.39, 0.29) is 10.7 Å². The molecule has 0 aliphatic rings. The lowest BCUT2D eigenvalue weighted by Gasteiger charge is -2.04. The highest BCUT2D eigenvalue weighted by Crippen LogP contribution is 2.25. The van der Waals surface area contributed by atoms with Crippen LogP contribution in [-0.2, 0) is 11.2 Å². The van der Waals surface area contributed by atoms with Crippen molar-refractivity contribution in [2.45, 2.75) is 13.3 Å². The maximum atomic E-state index is 12.5. The van der Waals surface area contributed by atoms with E-state index in [1.54, 1.807) is 18.2 Å². The molecule has 3 rings (SSSR count). The quantitative estimate of drug-likeness (QED) is 0.529. The van der Waals surface area contributed by atoms with Gasteiger partial charge in [0.2, 0.25) is 0 Å². The summed E-state index contributed by atoms with van der Waals surface area (Å²) >= 11 is 0.985. The summed E-state index contributed by atoms with van der Waals surface area (Å²) in [6, 6.07) is 6.33. The second-order valence-electron chi connectivity index (χ2n) is 5.45. The molecular formula is C18H16N2O6S. The summed E-state index contributed by atoms with van der Waals surface area (Å²) in [5, 5.41) is 3.28. The number of hydrogen-bond donors (Lipinski definition) is 1. The third-order valence-electron chi connectivity index (χ3n) is 3.81. The minimum atomic E-state index is -0.773. The van der Waals surface area contributed by atoms with Gasteiger partial charge < -0.3 is 13.9 Å². The molecule has 1 amide bonds.